The van der Waals surface area contributed by atoms with Crippen LogP contribution in [0.1, 0.15) is 36.3 Å². The predicted molar refractivity (Wildman–Crippen MR) is 131 cm³/mol. The van der Waals surface area contributed by atoms with Crippen LogP contribution in [0.5, 0.6) is 0 Å². The molecule has 0 bridgehead atoms. The van der Waals surface area contributed by atoms with Crippen LogP contribution in [0.25, 0.3) is 21.6 Å². The highest BCUT2D eigenvalue weighted by molar-refractivity contribution is 7.15. The van der Waals surface area contributed by atoms with E-state index in [2.05, 4.69) is 5.32 Å². The molecule has 0 radical (unpaired) electrons. The highest BCUT2D eigenvalue weighted by Crippen LogP contribution is 2.51. The maximum atomic E-state index is 12.4. The van der Waals surface area contributed by atoms with Gasteiger partial charge < -0.3 is 14.3 Å². The smallest absolute Gasteiger partial charge is 0.412 e. The van der Waals surface area contributed by atoms with Gasteiger partial charge in [-0.25, -0.2) is 4.79 Å². The van der Waals surface area contributed by atoms with Gasteiger partial charge in [-0.2, -0.15) is 0 Å². The normalized spacial score (nSPS) is 14.9. The highest BCUT2D eigenvalue weighted by atomic mass is 32.1. The summed E-state index contributed by atoms with van der Waals surface area (Å²) in [7, 11) is 0. The number of anilines is 1. The fraction of sp³-hybridized carbons (Fsp3) is 0.185. The molecule has 2 N–H and O–H groups in total. The topological polar surface area (TPSA) is 88.8 Å². The number of rotatable bonds is 7. The number of nitrogens with one attached hydrogen (secondary N) is 1. The van der Waals surface area contributed by atoms with Crippen LogP contribution in [0.3, 0.4) is 0 Å². The quantitative estimate of drug-likeness (QED) is 0.299. The highest BCUT2D eigenvalue weighted by Gasteiger charge is 2.52. The summed E-state index contributed by atoms with van der Waals surface area (Å²) < 4.78 is 10.8. The Hall–Kier alpha value is -3.84. The fourth-order valence-corrected chi connectivity index (χ4v) is 5.21. The van der Waals surface area contributed by atoms with Crippen molar-refractivity contribution in [2.24, 2.45) is 0 Å². The van der Waals surface area contributed by atoms with E-state index in [4.69, 9.17) is 9.15 Å². The van der Waals surface area contributed by atoms with Crippen LogP contribution >= 0.6 is 11.3 Å². The Labute approximate surface area is 200 Å². The number of aliphatic carboxylic acids is 1. The first-order chi connectivity index (χ1) is 16.5. The zero-order valence-corrected chi connectivity index (χ0v) is 19.3. The van der Waals surface area contributed by atoms with Crippen molar-refractivity contribution in [3.63, 3.8) is 0 Å². The summed E-state index contributed by atoms with van der Waals surface area (Å²) in [5.74, 6) is -0.743. The molecule has 4 aromatic rings. The van der Waals surface area contributed by atoms with Gasteiger partial charge in [-0.1, -0.05) is 54.6 Å². The summed E-state index contributed by atoms with van der Waals surface area (Å²) >= 11 is 1.53. The summed E-state index contributed by atoms with van der Waals surface area (Å²) in [6, 6.07) is 21.3. The van der Waals surface area contributed by atoms with Gasteiger partial charge in [-0.05, 0) is 48.6 Å². The van der Waals surface area contributed by atoms with E-state index < -0.39 is 17.5 Å². The molecule has 0 spiro atoms. The lowest BCUT2D eigenvalue weighted by molar-refractivity contribution is -0.139. The van der Waals surface area contributed by atoms with Gasteiger partial charge in [0.1, 0.15) is 24.0 Å². The van der Waals surface area contributed by atoms with Crippen molar-refractivity contribution in [3.8, 4) is 21.6 Å². The number of ether oxygens (including phenoxy) is 1. The number of benzene rings is 2. The molecule has 1 saturated carbocycles. The number of carbonyl (C=O) groups is 2. The van der Waals surface area contributed by atoms with Gasteiger partial charge in [0.25, 0.3) is 0 Å². The van der Waals surface area contributed by atoms with E-state index >= 15 is 0 Å². The van der Waals surface area contributed by atoms with Crippen molar-refractivity contribution in [3.05, 3.63) is 89.7 Å². The van der Waals surface area contributed by atoms with E-state index in [-0.39, 0.29) is 6.10 Å². The van der Waals surface area contributed by atoms with Gasteiger partial charge in [0.05, 0.1) is 5.69 Å². The molecule has 1 aliphatic carbocycles. The fourth-order valence-electron chi connectivity index (χ4n) is 3.96. The maximum Gasteiger partial charge on any atom is 0.412 e. The number of amides is 1. The largest absolute Gasteiger partial charge is 0.481 e. The Morgan fingerprint density at radius 3 is 2.38 bits per heavy atom. The van der Waals surface area contributed by atoms with Crippen LogP contribution in [0.4, 0.5) is 10.5 Å². The molecule has 6 nitrogen and oxygen atoms in total. The zero-order valence-electron chi connectivity index (χ0n) is 18.5. The lowest BCUT2D eigenvalue weighted by Crippen LogP contribution is -2.17. The third-order valence-corrected chi connectivity index (χ3v) is 7.51. The van der Waals surface area contributed by atoms with Gasteiger partial charge in [-0.3, -0.25) is 10.1 Å². The van der Waals surface area contributed by atoms with Gasteiger partial charge in [0, 0.05) is 15.3 Å². The number of thiophene rings is 1. The zero-order chi connectivity index (χ0) is 23.7. The Bertz CT molecular complexity index is 1320. The van der Waals surface area contributed by atoms with Crippen molar-refractivity contribution in [2.75, 3.05) is 5.32 Å². The molecule has 34 heavy (non-hydrogen) atoms. The van der Waals surface area contributed by atoms with Crippen LogP contribution in [0, 0.1) is 0 Å². The molecule has 7 heteroatoms. The average Bonchev–Trinajstić information content (AvgIpc) is 3.29. The number of carboxylic acids is 1. The van der Waals surface area contributed by atoms with Gasteiger partial charge in [-0.15, -0.1) is 11.3 Å². The minimum Gasteiger partial charge on any atom is -0.481 e. The molecule has 1 atom stereocenters. The summed E-state index contributed by atoms with van der Waals surface area (Å²) in [5, 5.41) is 12.3. The molecule has 0 aliphatic heterocycles. The van der Waals surface area contributed by atoms with E-state index in [9.17, 15) is 14.7 Å². The Kier molecular flexibility index (Phi) is 5.71. The Morgan fingerprint density at radius 1 is 1.00 bits per heavy atom. The average molecular weight is 474 g/mol. The predicted octanol–water partition coefficient (Wildman–Crippen LogP) is 7.10. The SMILES string of the molecule is CC(OC(=O)Nc1cocc1-c1ccc(-c2ccc(C3(C(=O)O)CC3)s2)cc1)c1ccccc1. The molecule has 1 amide bonds. The second-order valence-electron chi connectivity index (χ2n) is 8.41. The van der Waals surface area contributed by atoms with E-state index in [0.29, 0.717) is 18.5 Å². The summed E-state index contributed by atoms with van der Waals surface area (Å²) in [6.07, 6.45) is 3.51. The standard InChI is InChI=1S/C27H23NO5S/c1-17(18-5-3-2-4-6-18)33-26(31)28-22-16-32-15-21(22)19-7-9-20(10-8-19)23-11-12-24(34-23)27(13-14-27)25(29)30/h2-12,15-17H,13-14H2,1H3,(H,28,31)(H,29,30). The minimum atomic E-state index is -0.743. The van der Waals surface area contributed by atoms with Crippen molar-refractivity contribution >= 4 is 29.1 Å². The molecule has 1 fully saturated rings. The van der Waals surface area contributed by atoms with Gasteiger partial charge in [0.15, 0.2) is 0 Å². The monoisotopic (exact) mass is 473 g/mol. The minimum absolute atomic E-state index is 0.387. The summed E-state index contributed by atoms with van der Waals surface area (Å²) in [5.41, 5.74) is 3.37. The maximum absolute atomic E-state index is 12.4. The number of hydrogen-bond donors (Lipinski definition) is 2. The Morgan fingerprint density at radius 2 is 1.71 bits per heavy atom. The molecular formula is C27H23NO5S. The van der Waals surface area contributed by atoms with Crippen molar-refractivity contribution < 1.29 is 23.8 Å². The second kappa shape index (κ2) is 8.83. The lowest BCUT2D eigenvalue weighted by atomic mass is 10.0. The van der Waals surface area contributed by atoms with Crippen LogP contribution < -0.4 is 5.32 Å². The lowest BCUT2D eigenvalue weighted by Gasteiger charge is -2.14. The molecule has 2 aromatic heterocycles. The third kappa shape index (κ3) is 4.22. The summed E-state index contributed by atoms with van der Waals surface area (Å²) in [6.45, 7) is 1.82. The first-order valence-electron chi connectivity index (χ1n) is 11.0. The van der Waals surface area contributed by atoms with E-state index in [0.717, 1.165) is 32.0 Å². The van der Waals surface area contributed by atoms with E-state index in [1.54, 1.807) is 6.26 Å². The molecule has 172 valence electrons. The first-order valence-corrected chi connectivity index (χ1v) is 11.8. The molecular weight excluding hydrogens is 450 g/mol. The van der Waals surface area contributed by atoms with Crippen molar-refractivity contribution in [2.45, 2.75) is 31.3 Å². The number of hydrogen-bond acceptors (Lipinski definition) is 5. The third-order valence-electron chi connectivity index (χ3n) is 6.17. The number of carboxylic acid groups (broad SMARTS) is 1. The van der Waals surface area contributed by atoms with Crippen LogP contribution in [0.2, 0.25) is 0 Å². The Balaban J connectivity index is 1.28. The first kappa shape index (κ1) is 22.0. The van der Waals surface area contributed by atoms with E-state index in [1.165, 1.54) is 17.6 Å². The van der Waals surface area contributed by atoms with Crippen LogP contribution in [-0.2, 0) is 14.9 Å². The van der Waals surface area contributed by atoms with Crippen LogP contribution in [-0.4, -0.2) is 17.2 Å². The van der Waals surface area contributed by atoms with Crippen molar-refractivity contribution in [1.29, 1.82) is 0 Å². The van der Waals surface area contributed by atoms with E-state index in [1.807, 2.05) is 73.7 Å². The molecule has 2 heterocycles. The number of furan rings is 1. The molecule has 0 saturated heterocycles. The molecule has 5 rings (SSSR count). The molecule has 1 unspecified atom stereocenters. The summed E-state index contributed by atoms with van der Waals surface area (Å²) in [4.78, 5) is 26.0. The molecule has 2 aromatic carbocycles. The molecule has 1 aliphatic rings. The number of carbonyl (C=O) groups excluding carboxylic acids is 1. The second-order valence-corrected chi connectivity index (χ2v) is 9.49. The van der Waals surface area contributed by atoms with Gasteiger partial charge in [0.2, 0.25) is 0 Å². The van der Waals surface area contributed by atoms with Crippen molar-refractivity contribution in [1.82, 2.24) is 0 Å². The van der Waals surface area contributed by atoms with Crippen LogP contribution in [0.15, 0.2) is 83.7 Å². The van der Waals surface area contributed by atoms with Gasteiger partial charge >= 0.3 is 12.1 Å².